The minimum atomic E-state index is 0.521. The molecule has 0 aliphatic carbocycles. The SMILES string of the molecule is CCCCC/C=C\C/C(C)=C\CCCCCCCCC(C)(C)C. The van der Waals surface area contributed by atoms with Crippen LogP contribution in [0.25, 0.3) is 0 Å². The summed E-state index contributed by atoms with van der Waals surface area (Å²) in [6, 6.07) is 0. The van der Waals surface area contributed by atoms with Gasteiger partial charge in [0, 0.05) is 0 Å². The second-order valence-corrected chi connectivity index (χ2v) is 8.44. The van der Waals surface area contributed by atoms with E-state index in [1.54, 1.807) is 5.57 Å². The second-order valence-electron chi connectivity index (χ2n) is 8.44. The molecule has 0 fully saturated rings. The van der Waals surface area contributed by atoms with Crippen LogP contribution in [0.4, 0.5) is 0 Å². The molecule has 0 aliphatic heterocycles. The fourth-order valence-electron chi connectivity index (χ4n) is 2.84. The predicted molar refractivity (Wildman–Crippen MR) is 108 cm³/mol. The first kappa shape index (κ1) is 22.5. The minimum Gasteiger partial charge on any atom is -0.0882 e. The monoisotopic (exact) mass is 320 g/mol. The van der Waals surface area contributed by atoms with Crippen LogP contribution < -0.4 is 0 Å². The molecule has 0 N–H and O–H groups in total. The molecule has 0 amide bonds. The average molecular weight is 321 g/mol. The van der Waals surface area contributed by atoms with E-state index in [0.29, 0.717) is 5.41 Å². The fourth-order valence-corrected chi connectivity index (χ4v) is 2.84. The van der Waals surface area contributed by atoms with Crippen molar-refractivity contribution in [1.29, 1.82) is 0 Å². The molecule has 0 saturated heterocycles. The lowest BCUT2D eigenvalue weighted by molar-refractivity contribution is 0.356. The van der Waals surface area contributed by atoms with Crippen molar-refractivity contribution in [2.45, 2.75) is 118 Å². The Morgan fingerprint density at radius 1 is 0.739 bits per heavy atom. The summed E-state index contributed by atoms with van der Waals surface area (Å²) in [5, 5.41) is 0. The zero-order valence-electron chi connectivity index (χ0n) is 16.9. The summed E-state index contributed by atoms with van der Waals surface area (Å²) in [6.07, 6.45) is 24.8. The van der Waals surface area contributed by atoms with Crippen LogP contribution in [0.5, 0.6) is 0 Å². The molecule has 0 spiro atoms. The highest BCUT2D eigenvalue weighted by molar-refractivity contribution is 5.04. The molecule has 0 aromatic rings. The molecule has 0 aromatic heterocycles. The third-order valence-corrected chi connectivity index (χ3v) is 4.45. The first-order chi connectivity index (χ1) is 11.0. The van der Waals surface area contributed by atoms with Crippen LogP contribution in [-0.4, -0.2) is 0 Å². The Kier molecular flexibility index (Phi) is 14.7. The average Bonchev–Trinajstić information content (AvgIpc) is 2.48. The van der Waals surface area contributed by atoms with Crippen molar-refractivity contribution in [1.82, 2.24) is 0 Å². The summed E-state index contributed by atoms with van der Waals surface area (Å²) < 4.78 is 0. The first-order valence-corrected chi connectivity index (χ1v) is 10.3. The molecule has 136 valence electrons. The lowest BCUT2D eigenvalue weighted by Gasteiger charge is -2.17. The van der Waals surface area contributed by atoms with E-state index in [4.69, 9.17) is 0 Å². The molecule has 0 atom stereocenters. The number of allylic oxidation sites excluding steroid dienone is 4. The van der Waals surface area contributed by atoms with Crippen molar-refractivity contribution >= 4 is 0 Å². The molecular formula is C23H44. The van der Waals surface area contributed by atoms with E-state index in [0.717, 1.165) is 6.42 Å². The van der Waals surface area contributed by atoms with Gasteiger partial charge in [-0.1, -0.05) is 96.4 Å². The molecule has 23 heavy (non-hydrogen) atoms. The molecule has 0 rings (SSSR count). The quantitative estimate of drug-likeness (QED) is 0.222. The van der Waals surface area contributed by atoms with Gasteiger partial charge in [0.15, 0.2) is 0 Å². The van der Waals surface area contributed by atoms with Gasteiger partial charge in [-0.15, -0.1) is 0 Å². The summed E-state index contributed by atoms with van der Waals surface area (Å²) in [5.41, 5.74) is 2.06. The zero-order chi connectivity index (χ0) is 17.4. The highest BCUT2D eigenvalue weighted by Gasteiger charge is 2.08. The van der Waals surface area contributed by atoms with Crippen molar-refractivity contribution in [2.24, 2.45) is 5.41 Å². The molecule has 0 unspecified atom stereocenters. The van der Waals surface area contributed by atoms with Crippen LogP contribution >= 0.6 is 0 Å². The van der Waals surface area contributed by atoms with Gasteiger partial charge in [0.25, 0.3) is 0 Å². The topological polar surface area (TPSA) is 0 Å². The van der Waals surface area contributed by atoms with E-state index in [9.17, 15) is 0 Å². The second kappa shape index (κ2) is 15.0. The molecule has 0 heteroatoms. The normalized spacial score (nSPS) is 13.2. The maximum absolute atomic E-state index is 2.45. The van der Waals surface area contributed by atoms with Gasteiger partial charge in [-0.3, -0.25) is 0 Å². The largest absolute Gasteiger partial charge is 0.0882 e. The third-order valence-electron chi connectivity index (χ3n) is 4.45. The van der Waals surface area contributed by atoms with Crippen LogP contribution in [0.2, 0.25) is 0 Å². The number of hydrogen-bond acceptors (Lipinski definition) is 0. The molecule has 0 radical (unpaired) electrons. The van der Waals surface area contributed by atoms with E-state index in [1.165, 1.54) is 77.0 Å². The summed E-state index contributed by atoms with van der Waals surface area (Å²) in [4.78, 5) is 0. The Morgan fingerprint density at radius 2 is 1.35 bits per heavy atom. The Hall–Kier alpha value is -0.520. The van der Waals surface area contributed by atoms with E-state index in [1.807, 2.05) is 0 Å². The van der Waals surface area contributed by atoms with Crippen LogP contribution in [0.15, 0.2) is 23.8 Å². The molecule has 0 saturated carbocycles. The van der Waals surface area contributed by atoms with Gasteiger partial charge in [0.2, 0.25) is 0 Å². The summed E-state index contributed by atoms with van der Waals surface area (Å²) in [6.45, 7) is 11.6. The number of unbranched alkanes of at least 4 members (excludes halogenated alkanes) is 9. The smallest absolute Gasteiger partial charge is 0.0142 e. The van der Waals surface area contributed by atoms with Crippen molar-refractivity contribution in [2.75, 3.05) is 0 Å². The van der Waals surface area contributed by atoms with Gasteiger partial charge in [-0.25, -0.2) is 0 Å². The Bertz CT molecular complexity index is 300. The Labute approximate surface area is 147 Å². The van der Waals surface area contributed by atoms with Crippen molar-refractivity contribution in [3.63, 3.8) is 0 Å². The van der Waals surface area contributed by atoms with E-state index in [-0.39, 0.29) is 0 Å². The molecule has 0 nitrogen and oxygen atoms in total. The van der Waals surface area contributed by atoms with Gasteiger partial charge < -0.3 is 0 Å². The van der Waals surface area contributed by atoms with Crippen LogP contribution in [0.1, 0.15) is 118 Å². The predicted octanol–water partition coefficient (Wildman–Crippen LogP) is 8.63. The van der Waals surface area contributed by atoms with Crippen LogP contribution in [0.3, 0.4) is 0 Å². The molecular weight excluding hydrogens is 276 g/mol. The Morgan fingerprint density at radius 3 is 2.00 bits per heavy atom. The van der Waals surface area contributed by atoms with Crippen LogP contribution in [-0.2, 0) is 0 Å². The van der Waals surface area contributed by atoms with Crippen molar-refractivity contribution in [3.05, 3.63) is 23.8 Å². The van der Waals surface area contributed by atoms with Gasteiger partial charge in [-0.05, 0) is 50.9 Å². The standard InChI is InChI=1S/C23H44/c1-6-7-8-9-13-16-19-22(2)20-17-14-11-10-12-15-18-21-23(3,4)5/h13,16,20H,6-12,14-15,17-19,21H2,1-5H3/b16-13-,22-20-. The lowest BCUT2D eigenvalue weighted by atomic mass is 9.89. The van der Waals surface area contributed by atoms with Crippen LogP contribution in [0, 0.1) is 5.41 Å². The summed E-state index contributed by atoms with van der Waals surface area (Å²) >= 11 is 0. The van der Waals surface area contributed by atoms with Gasteiger partial charge in [0.1, 0.15) is 0 Å². The van der Waals surface area contributed by atoms with E-state index < -0.39 is 0 Å². The van der Waals surface area contributed by atoms with E-state index in [2.05, 4.69) is 52.8 Å². The molecule has 0 heterocycles. The lowest BCUT2D eigenvalue weighted by Crippen LogP contribution is -2.03. The third kappa shape index (κ3) is 19.4. The maximum Gasteiger partial charge on any atom is -0.0142 e. The molecule has 0 aliphatic rings. The number of rotatable bonds is 14. The summed E-state index contributed by atoms with van der Waals surface area (Å²) in [7, 11) is 0. The maximum atomic E-state index is 2.45. The summed E-state index contributed by atoms with van der Waals surface area (Å²) in [5.74, 6) is 0. The number of hydrogen-bond donors (Lipinski definition) is 0. The zero-order valence-corrected chi connectivity index (χ0v) is 16.9. The minimum absolute atomic E-state index is 0.521. The molecule has 0 bridgehead atoms. The highest BCUT2D eigenvalue weighted by Crippen LogP contribution is 2.22. The fraction of sp³-hybridized carbons (Fsp3) is 0.826. The van der Waals surface area contributed by atoms with Gasteiger partial charge in [-0.2, -0.15) is 0 Å². The van der Waals surface area contributed by atoms with Crippen molar-refractivity contribution < 1.29 is 0 Å². The van der Waals surface area contributed by atoms with Crippen molar-refractivity contribution in [3.8, 4) is 0 Å². The van der Waals surface area contributed by atoms with Gasteiger partial charge >= 0.3 is 0 Å². The van der Waals surface area contributed by atoms with E-state index >= 15 is 0 Å². The Balaban J connectivity index is 3.41. The molecule has 0 aromatic carbocycles. The first-order valence-electron chi connectivity index (χ1n) is 10.3. The van der Waals surface area contributed by atoms with Gasteiger partial charge in [0.05, 0.1) is 0 Å². The highest BCUT2D eigenvalue weighted by atomic mass is 14.1.